The topological polar surface area (TPSA) is 69.6 Å². The molecule has 2 N–H and O–H groups in total. The molecule has 0 radical (unpaired) electrons. The zero-order valence-electron chi connectivity index (χ0n) is 12.1. The maximum absolute atomic E-state index is 12.0. The van der Waals surface area contributed by atoms with Crippen LogP contribution in [0.15, 0.2) is 22.7 Å². The van der Waals surface area contributed by atoms with Crippen molar-refractivity contribution in [2.45, 2.75) is 13.8 Å². The van der Waals surface area contributed by atoms with Crippen LogP contribution in [0.2, 0.25) is 0 Å². The molecule has 1 aromatic rings. The smallest absolute Gasteiger partial charge is 0.308 e. The van der Waals surface area contributed by atoms with Gasteiger partial charge in [-0.1, -0.05) is 22.9 Å². The van der Waals surface area contributed by atoms with E-state index in [1.165, 1.54) is 0 Å². The maximum atomic E-state index is 12.0. The van der Waals surface area contributed by atoms with E-state index in [1.807, 2.05) is 36.9 Å². The summed E-state index contributed by atoms with van der Waals surface area (Å²) >= 11 is 3.42. The highest BCUT2D eigenvalue weighted by Gasteiger charge is 2.35. The summed E-state index contributed by atoms with van der Waals surface area (Å²) in [6.07, 6.45) is 0. The van der Waals surface area contributed by atoms with Gasteiger partial charge in [0.15, 0.2) is 0 Å². The molecule has 1 aliphatic rings. The first-order chi connectivity index (χ1) is 9.86. The van der Waals surface area contributed by atoms with Crippen LogP contribution in [-0.2, 0) is 9.59 Å². The van der Waals surface area contributed by atoms with Crippen LogP contribution in [0.5, 0.6) is 0 Å². The number of halogens is 1. The van der Waals surface area contributed by atoms with E-state index in [-0.39, 0.29) is 24.3 Å². The minimum atomic E-state index is -0.783. The monoisotopic (exact) mass is 354 g/mol. The molecule has 0 spiro atoms. The lowest BCUT2D eigenvalue weighted by Crippen LogP contribution is -2.32. The number of carbonyl (C=O) groups is 2. The molecule has 0 aliphatic carbocycles. The van der Waals surface area contributed by atoms with Gasteiger partial charge >= 0.3 is 5.97 Å². The maximum Gasteiger partial charge on any atom is 0.308 e. The Hall–Kier alpha value is -1.40. The number of aliphatic carboxylic acids is 1. The van der Waals surface area contributed by atoms with Crippen LogP contribution in [0, 0.1) is 18.8 Å². The van der Waals surface area contributed by atoms with Crippen LogP contribution in [0.25, 0.3) is 0 Å². The van der Waals surface area contributed by atoms with Crippen molar-refractivity contribution in [1.82, 2.24) is 4.90 Å². The normalized spacial score (nSPS) is 22.2. The van der Waals surface area contributed by atoms with Gasteiger partial charge < -0.3 is 10.4 Å². The minimum Gasteiger partial charge on any atom is -0.481 e. The molecule has 5 nitrogen and oxygen atoms in total. The van der Waals surface area contributed by atoms with Crippen molar-refractivity contribution in [2.75, 3.05) is 25.0 Å². The zero-order valence-corrected chi connectivity index (χ0v) is 13.7. The average Bonchev–Trinajstić information content (AvgIpc) is 2.75. The van der Waals surface area contributed by atoms with Gasteiger partial charge in [0.05, 0.1) is 12.5 Å². The van der Waals surface area contributed by atoms with Gasteiger partial charge in [0.2, 0.25) is 5.91 Å². The van der Waals surface area contributed by atoms with E-state index in [2.05, 4.69) is 21.2 Å². The Morgan fingerprint density at radius 2 is 2.14 bits per heavy atom. The molecule has 0 aromatic heterocycles. The molecule has 2 unspecified atom stereocenters. The van der Waals surface area contributed by atoms with Gasteiger partial charge in [0, 0.05) is 23.2 Å². The van der Waals surface area contributed by atoms with Crippen molar-refractivity contribution < 1.29 is 14.7 Å². The fraction of sp³-hybridized carbons (Fsp3) is 0.467. The number of aryl methyl sites for hydroxylation is 1. The molecule has 0 saturated carbocycles. The number of anilines is 1. The number of amides is 1. The molecule has 114 valence electrons. The highest BCUT2D eigenvalue weighted by molar-refractivity contribution is 9.10. The molecule has 1 aliphatic heterocycles. The number of likely N-dealkylation sites (tertiary alicyclic amines) is 1. The summed E-state index contributed by atoms with van der Waals surface area (Å²) in [6.45, 7) is 5.17. The second-order valence-corrected chi connectivity index (χ2v) is 6.48. The number of rotatable bonds is 4. The lowest BCUT2D eigenvalue weighted by Gasteiger charge is -2.15. The third-order valence-corrected chi connectivity index (χ3v) is 4.70. The molecule has 21 heavy (non-hydrogen) atoms. The SMILES string of the molecule is Cc1cc(NC(=O)CN2CC(C)C(C(=O)O)C2)ccc1Br. The summed E-state index contributed by atoms with van der Waals surface area (Å²) < 4.78 is 0.998. The molecular weight excluding hydrogens is 336 g/mol. The molecule has 2 atom stereocenters. The van der Waals surface area contributed by atoms with E-state index in [4.69, 9.17) is 5.11 Å². The standard InChI is InChI=1S/C15H19BrN2O3/c1-9-5-11(3-4-13(9)16)17-14(19)8-18-6-10(2)12(7-18)15(20)21/h3-5,10,12H,6-8H2,1-2H3,(H,17,19)(H,20,21). The van der Waals surface area contributed by atoms with Crippen LogP contribution in [0.3, 0.4) is 0 Å². The zero-order chi connectivity index (χ0) is 15.6. The Morgan fingerprint density at radius 1 is 1.43 bits per heavy atom. The molecule has 6 heteroatoms. The summed E-state index contributed by atoms with van der Waals surface area (Å²) in [5, 5.41) is 11.9. The Morgan fingerprint density at radius 3 is 2.71 bits per heavy atom. The minimum absolute atomic E-state index is 0.0743. The molecule has 1 fully saturated rings. The fourth-order valence-electron chi connectivity index (χ4n) is 2.64. The summed E-state index contributed by atoms with van der Waals surface area (Å²) in [5.74, 6) is -1.21. The lowest BCUT2D eigenvalue weighted by molar-refractivity contribution is -0.142. The van der Waals surface area contributed by atoms with Gasteiger partial charge in [-0.2, -0.15) is 0 Å². The van der Waals surface area contributed by atoms with E-state index < -0.39 is 5.97 Å². The number of hydrogen-bond acceptors (Lipinski definition) is 3. The number of benzene rings is 1. The Kier molecular flexibility index (Phi) is 5.00. The van der Waals surface area contributed by atoms with Crippen molar-refractivity contribution in [2.24, 2.45) is 11.8 Å². The fourth-order valence-corrected chi connectivity index (χ4v) is 2.89. The third-order valence-electron chi connectivity index (χ3n) is 3.81. The first-order valence-electron chi connectivity index (χ1n) is 6.88. The Balaban J connectivity index is 1.90. The highest BCUT2D eigenvalue weighted by Crippen LogP contribution is 2.23. The van der Waals surface area contributed by atoms with Gasteiger partial charge in [0.1, 0.15) is 0 Å². The molecule has 2 rings (SSSR count). The highest BCUT2D eigenvalue weighted by atomic mass is 79.9. The van der Waals surface area contributed by atoms with Gasteiger partial charge in [-0.05, 0) is 36.6 Å². The number of nitrogens with one attached hydrogen (secondary N) is 1. The first-order valence-corrected chi connectivity index (χ1v) is 7.67. The van der Waals surface area contributed by atoms with E-state index >= 15 is 0 Å². The van der Waals surface area contributed by atoms with Gasteiger partial charge in [-0.15, -0.1) is 0 Å². The van der Waals surface area contributed by atoms with Crippen LogP contribution in [0.4, 0.5) is 5.69 Å². The Bertz CT molecular complexity index is 562. The number of carbonyl (C=O) groups excluding carboxylic acids is 1. The second kappa shape index (κ2) is 6.58. The first kappa shape index (κ1) is 16.0. The summed E-state index contributed by atoms with van der Waals surface area (Å²) in [6, 6.07) is 5.62. The molecule has 1 heterocycles. The van der Waals surface area contributed by atoms with Crippen molar-refractivity contribution in [3.8, 4) is 0 Å². The van der Waals surface area contributed by atoms with E-state index in [9.17, 15) is 9.59 Å². The number of hydrogen-bond donors (Lipinski definition) is 2. The number of nitrogens with zero attached hydrogens (tertiary/aromatic N) is 1. The summed E-state index contributed by atoms with van der Waals surface area (Å²) in [7, 11) is 0. The molecule has 0 bridgehead atoms. The Labute approximate surface area is 132 Å². The van der Waals surface area contributed by atoms with Crippen molar-refractivity contribution in [1.29, 1.82) is 0 Å². The van der Waals surface area contributed by atoms with Crippen LogP contribution < -0.4 is 5.32 Å². The van der Waals surface area contributed by atoms with Gasteiger partial charge in [-0.3, -0.25) is 14.5 Å². The third kappa shape index (κ3) is 4.04. The van der Waals surface area contributed by atoms with Crippen molar-refractivity contribution >= 4 is 33.5 Å². The second-order valence-electron chi connectivity index (χ2n) is 5.63. The summed E-state index contributed by atoms with van der Waals surface area (Å²) in [4.78, 5) is 25.0. The quantitative estimate of drug-likeness (QED) is 0.870. The molecule has 1 aromatic carbocycles. The predicted molar refractivity (Wildman–Crippen MR) is 84.2 cm³/mol. The number of carboxylic acids is 1. The molecule has 1 saturated heterocycles. The molecule has 1 amide bonds. The van der Waals surface area contributed by atoms with Gasteiger partial charge in [0.25, 0.3) is 0 Å². The van der Waals surface area contributed by atoms with Crippen LogP contribution >= 0.6 is 15.9 Å². The lowest BCUT2D eigenvalue weighted by atomic mass is 9.99. The van der Waals surface area contributed by atoms with Crippen molar-refractivity contribution in [3.63, 3.8) is 0 Å². The van der Waals surface area contributed by atoms with Gasteiger partial charge in [-0.25, -0.2) is 0 Å². The predicted octanol–water partition coefficient (Wildman–Crippen LogP) is 2.35. The molecular formula is C15H19BrN2O3. The summed E-state index contributed by atoms with van der Waals surface area (Å²) in [5.41, 5.74) is 1.80. The van der Waals surface area contributed by atoms with Crippen LogP contribution in [0.1, 0.15) is 12.5 Å². The van der Waals surface area contributed by atoms with E-state index in [0.717, 1.165) is 15.7 Å². The van der Waals surface area contributed by atoms with E-state index in [1.54, 1.807) is 0 Å². The van der Waals surface area contributed by atoms with E-state index in [0.29, 0.717) is 13.1 Å². The average molecular weight is 355 g/mol. The number of carboxylic acid groups (broad SMARTS) is 1. The van der Waals surface area contributed by atoms with Crippen molar-refractivity contribution in [3.05, 3.63) is 28.2 Å². The largest absolute Gasteiger partial charge is 0.481 e. The van der Waals surface area contributed by atoms with Crippen LogP contribution in [-0.4, -0.2) is 41.5 Å².